The van der Waals surface area contributed by atoms with E-state index in [0.29, 0.717) is 24.1 Å². The normalized spacial score (nSPS) is 23.8. The largest absolute Gasteiger partial charge is 0.465 e. The molecule has 1 aromatic heterocycles. The molecule has 0 aromatic carbocycles. The standard InChI is InChI=1S/C10H13ClN4O2/c1-6-4-15(10(16)17)5-7(6)13-9-3-12-2-8(11)14-9/h2-3,6-7H,4-5H2,1H3,(H,13,14)(H,16,17)/t6-,7+/m1/s1. The summed E-state index contributed by atoms with van der Waals surface area (Å²) in [5.41, 5.74) is 0. The minimum Gasteiger partial charge on any atom is -0.465 e. The summed E-state index contributed by atoms with van der Waals surface area (Å²) in [6, 6.07) is 0.0406. The van der Waals surface area contributed by atoms with Crippen LogP contribution in [-0.4, -0.2) is 45.2 Å². The third kappa shape index (κ3) is 2.76. The average molecular weight is 257 g/mol. The molecule has 0 saturated carbocycles. The molecule has 0 aliphatic carbocycles. The van der Waals surface area contributed by atoms with Gasteiger partial charge in [-0.05, 0) is 5.92 Å². The third-order valence-corrected chi connectivity index (χ3v) is 3.00. The highest BCUT2D eigenvalue weighted by molar-refractivity contribution is 6.29. The maximum atomic E-state index is 10.8. The molecule has 1 aliphatic heterocycles. The third-order valence-electron chi connectivity index (χ3n) is 2.82. The fraction of sp³-hybridized carbons (Fsp3) is 0.500. The van der Waals surface area contributed by atoms with Crippen molar-refractivity contribution in [1.82, 2.24) is 14.9 Å². The molecule has 2 N–H and O–H groups in total. The molecule has 1 amide bonds. The quantitative estimate of drug-likeness (QED) is 0.839. The van der Waals surface area contributed by atoms with Crippen LogP contribution in [0, 0.1) is 5.92 Å². The van der Waals surface area contributed by atoms with Gasteiger partial charge in [-0.3, -0.25) is 4.98 Å². The zero-order chi connectivity index (χ0) is 12.4. The first-order chi connectivity index (χ1) is 8.06. The zero-order valence-corrected chi connectivity index (χ0v) is 10.1. The highest BCUT2D eigenvalue weighted by atomic mass is 35.5. The van der Waals surface area contributed by atoms with Gasteiger partial charge in [-0.25, -0.2) is 9.78 Å². The van der Waals surface area contributed by atoms with Gasteiger partial charge < -0.3 is 15.3 Å². The van der Waals surface area contributed by atoms with E-state index in [1.165, 1.54) is 11.1 Å². The van der Waals surface area contributed by atoms with Crippen LogP contribution < -0.4 is 5.32 Å². The second-order valence-corrected chi connectivity index (χ2v) is 4.53. The van der Waals surface area contributed by atoms with Gasteiger partial charge >= 0.3 is 6.09 Å². The van der Waals surface area contributed by atoms with Gasteiger partial charge in [-0.1, -0.05) is 18.5 Å². The Balaban J connectivity index is 2.02. The SMILES string of the molecule is C[C@@H]1CN(C(=O)O)C[C@@H]1Nc1cncc(Cl)n1. The summed E-state index contributed by atoms with van der Waals surface area (Å²) < 4.78 is 0. The molecule has 0 unspecified atom stereocenters. The number of hydrogen-bond donors (Lipinski definition) is 2. The van der Waals surface area contributed by atoms with Crippen molar-refractivity contribution in [2.24, 2.45) is 5.92 Å². The van der Waals surface area contributed by atoms with Crippen molar-refractivity contribution in [2.45, 2.75) is 13.0 Å². The number of nitrogens with one attached hydrogen (secondary N) is 1. The van der Waals surface area contributed by atoms with Gasteiger partial charge in [-0.2, -0.15) is 0 Å². The van der Waals surface area contributed by atoms with Crippen LogP contribution in [0.2, 0.25) is 5.15 Å². The molecule has 0 radical (unpaired) electrons. The highest BCUT2D eigenvalue weighted by Crippen LogP contribution is 2.20. The maximum Gasteiger partial charge on any atom is 0.407 e. The van der Waals surface area contributed by atoms with Crippen molar-refractivity contribution in [1.29, 1.82) is 0 Å². The smallest absolute Gasteiger partial charge is 0.407 e. The van der Waals surface area contributed by atoms with E-state index in [9.17, 15) is 4.79 Å². The molecule has 2 heterocycles. The fourth-order valence-electron chi connectivity index (χ4n) is 1.91. The first-order valence-corrected chi connectivity index (χ1v) is 5.66. The minimum atomic E-state index is -0.890. The second kappa shape index (κ2) is 4.75. The van der Waals surface area contributed by atoms with E-state index < -0.39 is 6.09 Å². The van der Waals surface area contributed by atoms with Crippen LogP contribution in [0.5, 0.6) is 0 Å². The van der Waals surface area contributed by atoms with E-state index in [1.54, 1.807) is 6.20 Å². The Morgan fingerprint density at radius 3 is 2.94 bits per heavy atom. The summed E-state index contributed by atoms with van der Waals surface area (Å²) in [7, 11) is 0. The van der Waals surface area contributed by atoms with Gasteiger partial charge in [0.05, 0.1) is 12.4 Å². The molecule has 2 rings (SSSR count). The van der Waals surface area contributed by atoms with Crippen LogP contribution in [0.25, 0.3) is 0 Å². The lowest BCUT2D eigenvalue weighted by molar-refractivity contribution is 0.154. The molecule has 6 nitrogen and oxygen atoms in total. The van der Waals surface area contributed by atoms with E-state index >= 15 is 0 Å². The molecule has 1 aromatic rings. The molecule has 7 heteroatoms. The molecule has 2 atom stereocenters. The summed E-state index contributed by atoms with van der Waals surface area (Å²) in [4.78, 5) is 20.2. The monoisotopic (exact) mass is 256 g/mol. The van der Waals surface area contributed by atoms with E-state index in [0.717, 1.165) is 0 Å². The lowest BCUT2D eigenvalue weighted by Crippen LogP contribution is -2.30. The van der Waals surface area contributed by atoms with Crippen molar-refractivity contribution in [3.8, 4) is 0 Å². The first-order valence-electron chi connectivity index (χ1n) is 5.28. The number of hydrogen-bond acceptors (Lipinski definition) is 4. The van der Waals surface area contributed by atoms with Crippen molar-refractivity contribution < 1.29 is 9.90 Å². The number of likely N-dealkylation sites (tertiary alicyclic amines) is 1. The van der Waals surface area contributed by atoms with E-state index in [1.807, 2.05) is 6.92 Å². The summed E-state index contributed by atoms with van der Waals surface area (Å²) in [5.74, 6) is 0.800. The average Bonchev–Trinajstić information content (AvgIpc) is 2.61. The van der Waals surface area contributed by atoms with Crippen molar-refractivity contribution in [3.63, 3.8) is 0 Å². The van der Waals surface area contributed by atoms with Crippen LogP contribution in [0.15, 0.2) is 12.4 Å². The number of carboxylic acid groups (broad SMARTS) is 1. The number of rotatable bonds is 2. The van der Waals surface area contributed by atoms with Crippen LogP contribution >= 0.6 is 11.6 Å². The van der Waals surface area contributed by atoms with Gasteiger partial charge in [0, 0.05) is 19.1 Å². The lowest BCUT2D eigenvalue weighted by Gasteiger charge is -2.16. The highest BCUT2D eigenvalue weighted by Gasteiger charge is 2.32. The number of aromatic nitrogens is 2. The van der Waals surface area contributed by atoms with Crippen LogP contribution in [0.3, 0.4) is 0 Å². The van der Waals surface area contributed by atoms with Crippen molar-refractivity contribution in [3.05, 3.63) is 17.5 Å². The summed E-state index contributed by atoms with van der Waals surface area (Å²) in [5, 5.41) is 12.4. The molecule has 17 heavy (non-hydrogen) atoms. The number of nitrogens with zero attached hydrogens (tertiary/aromatic N) is 3. The molecule has 1 saturated heterocycles. The van der Waals surface area contributed by atoms with Gasteiger partial charge in [-0.15, -0.1) is 0 Å². The Bertz CT molecular complexity index is 429. The molecular weight excluding hydrogens is 244 g/mol. The van der Waals surface area contributed by atoms with Crippen LogP contribution in [0.1, 0.15) is 6.92 Å². The Hall–Kier alpha value is -1.56. The fourth-order valence-corrected chi connectivity index (χ4v) is 2.06. The van der Waals surface area contributed by atoms with Crippen molar-refractivity contribution >= 4 is 23.5 Å². The molecule has 92 valence electrons. The van der Waals surface area contributed by atoms with Gasteiger partial charge in [0.2, 0.25) is 0 Å². The van der Waals surface area contributed by atoms with E-state index in [-0.39, 0.29) is 12.0 Å². The van der Waals surface area contributed by atoms with Crippen molar-refractivity contribution in [2.75, 3.05) is 18.4 Å². The van der Waals surface area contributed by atoms with Gasteiger partial charge in [0.15, 0.2) is 0 Å². The van der Waals surface area contributed by atoms with E-state index in [4.69, 9.17) is 16.7 Å². The predicted molar refractivity (Wildman–Crippen MR) is 63.2 cm³/mol. The van der Waals surface area contributed by atoms with Gasteiger partial charge in [0.1, 0.15) is 11.0 Å². The summed E-state index contributed by atoms with van der Waals surface area (Å²) in [6.07, 6.45) is 2.13. The molecule has 1 fully saturated rings. The maximum absolute atomic E-state index is 10.8. The molecule has 0 bridgehead atoms. The zero-order valence-electron chi connectivity index (χ0n) is 9.30. The topological polar surface area (TPSA) is 78.4 Å². The predicted octanol–water partition coefficient (Wildman–Crippen LogP) is 1.54. The number of carbonyl (C=O) groups is 1. The number of halogens is 1. The minimum absolute atomic E-state index is 0.0406. The lowest BCUT2D eigenvalue weighted by atomic mass is 10.1. The summed E-state index contributed by atoms with van der Waals surface area (Å²) >= 11 is 5.73. The Kier molecular flexibility index (Phi) is 3.33. The van der Waals surface area contributed by atoms with Gasteiger partial charge in [0.25, 0.3) is 0 Å². The summed E-state index contributed by atoms with van der Waals surface area (Å²) in [6.45, 7) is 2.98. The molecule has 0 spiro atoms. The molecule has 1 aliphatic rings. The Labute approximate surface area is 104 Å². The molecular formula is C10H13ClN4O2. The number of anilines is 1. The number of amides is 1. The first kappa shape index (κ1) is 11.9. The Morgan fingerprint density at radius 1 is 1.59 bits per heavy atom. The second-order valence-electron chi connectivity index (χ2n) is 4.14. The Morgan fingerprint density at radius 2 is 2.35 bits per heavy atom. The van der Waals surface area contributed by atoms with E-state index in [2.05, 4.69) is 15.3 Å². The van der Waals surface area contributed by atoms with Crippen LogP contribution in [0.4, 0.5) is 10.6 Å². The van der Waals surface area contributed by atoms with Crippen LogP contribution in [-0.2, 0) is 0 Å².